The number of Topliss-reactive ketones (excluding diaryl/α,β-unsaturated/α-hetero) is 1. The van der Waals surface area contributed by atoms with Crippen LogP contribution in [-0.2, 0) is 11.3 Å². The number of hydrogen-bond donors (Lipinski definition) is 0. The number of hydrogen-bond acceptors (Lipinski definition) is 3. The van der Waals surface area contributed by atoms with E-state index in [0.717, 1.165) is 0 Å². The SMILES string of the molecule is O=C(COCc1ccco1)c1ccc(Cl)c(Cl)c1. The Hall–Kier alpha value is -1.29. The van der Waals surface area contributed by atoms with Gasteiger partial charge in [0.2, 0.25) is 0 Å². The Morgan fingerprint density at radius 2 is 2.06 bits per heavy atom. The lowest BCUT2D eigenvalue weighted by atomic mass is 10.1. The van der Waals surface area contributed by atoms with Crippen molar-refractivity contribution < 1.29 is 13.9 Å². The van der Waals surface area contributed by atoms with Gasteiger partial charge in [0.05, 0.1) is 16.3 Å². The van der Waals surface area contributed by atoms with Gasteiger partial charge in [-0.05, 0) is 30.3 Å². The van der Waals surface area contributed by atoms with Gasteiger partial charge in [-0.25, -0.2) is 0 Å². The summed E-state index contributed by atoms with van der Waals surface area (Å²) in [5.74, 6) is 0.525. The van der Waals surface area contributed by atoms with E-state index in [1.165, 1.54) is 6.07 Å². The Balaban J connectivity index is 1.89. The Morgan fingerprint density at radius 3 is 2.72 bits per heavy atom. The van der Waals surface area contributed by atoms with Gasteiger partial charge in [0, 0.05) is 5.56 Å². The van der Waals surface area contributed by atoms with Crippen LogP contribution in [-0.4, -0.2) is 12.4 Å². The molecule has 0 saturated carbocycles. The lowest BCUT2D eigenvalue weighted by Gasteiger charge is -2.03. The fraction of sp³-hybridized carbons (Fsp3) is 0.154. The summed E-state index contributed by atoms with van der Waals surface area (Å²) in [5.41, 5.74) is 0.476. The molecule has 94 valence electrons. The minimum Gasteiger partial charge on any atom is -0.467 e. The minimum absolute atomic E-state index is 0.0291. The molecule has 3 nitrogen and oxygen atoms in total. The summed E-state index contributed by atoms with van der Waals surface area (Å²) >= 11 is 11.6. The number of carbonyl (C=O) groups is 1. The molecule has 18 heavy (non-hydrogen) atoms. The summed E-state index contributed by atoms with van der Waals surface area (Å²) in [7, 11) is 0. The van der Waals surface area contributed by atoms with E-state index in [0.29, 0.717) is 21.4 Å². The lowest BCUT2D eigenvalue weighted by Crippen LogP contribution is -2.08. The summed E-state index contributed by atoms with van der Waals surface area (Å²) < 4.78 is 10.3. The van der Waals surface area contributed by atoms with Gasteiger partial charge < -0.3 is 9.15 Å². The van der Waals surface area contributed by atoms with Crippen molar-refractivity contribution in [3.05, 3.63) is 58.0 Å². The highest BCUT2D eigenvalue weighted by Gasteiger charge is 2.08. The Morgan fingerprint density at radius 1 is 1.22 bits per heavy atom. The second-order valence-corrected chi connectivity index (χ2v) is 4.44. The molecule has 5 heteroatoms. The topological polar surface area (TPSA) is 39.4 Å². The first kappa shape index (κ1) is 13.1. The van der Waals surface area contributed by atoms with Crippen LogP contribution in [0.1, 0.15) is 16.1 Å². The summed E-state index contributed by atoms with van der Waals surface area (Å²) in [6, 6.07) is 8.28. The van der Waals surface area contributed by atoms with E-state index in [1.807, 2.05) is 0 Å². The number of furan rings is 1. The largest absolute Gasteiger partial charge is 0.467 e. The zero-order valence-electron chi connectivity index (χ0n) is 9.36. The average Bonchev–Trinajstić information content (AvgIpc) is 2.85. The molecule has 1 aromatic heterocycles. The zero-order chi connectivity index (χ0) is 13.0. The van der Waals surface area contributed by atoms with Crippen molar-refractivity contribution in [2.24, 2.45) is 0 Å². The summed E-state index contributed by atoms with van der Waals surface area (Å²) in [5, 5.41) is 0.776. The summed E-state index contributed by atoms with van der Waals surface area (Å²) in [4.78, 5) is 11.8. The summed E-state index contributed by atoms with van der Waals surface area (Å²) in [6.45, 7) is 0.235. The smallest absolute Gasteiger partial charge is 0.188 e. The monoisotopic (exact) mass is 284 g/mol. The number of rotatable bonds is 5. The van der Waals surface area contributed by atoms with Gasteiger partial charge in [-0.3, -0.25) is 4.79 Å². The van der Waals surface area contributed by atoms with Crippen LogP contribution in [0.4, 0.5) is 0 Å². The van der Waals surface area contributed by atoms with E-state index < -0.39 is 0 Å². The molecule has 0 bridgehead atoms. The highest BCUT2D eigenvalue weighted by Crippen LogP contribution is 2.22. The maximum Gasteiger partial charge on any atom is 0.188 e. The van der Waals surface area contributed by atoms with Gasteiger partial charge in [0.15, 0.2) is 5.78 Å². The zero-order valence-corrected chi connectivity index (χ0v) is 10.9. The molecule has 0 aliphatic rings. The fourth-order valence-corrected chi connectivity index (χ4v) is 1.69. The third kappa shape index (κ3) is 3.35. The Bertz CT molecular complexity index is 535. The number of carbonyl (C=O) groups excluding carboxylic acids is 1. The van der Waals surface area contributed by atoms with Gasteiger partial charge in [0.25, 0.3) is 0 Å². The van der Waals surface area contributed by atoms with Gasteiger partial charge in [-0.1, -0.05) is 23.2 Å². The average molecular weight is 285 g/mol. The second-order valence-electron chi connectivity index (χ2n) is 3.62. The minimum atomic E-state index is -0.153. The number of ether oxygens (including phenoxy) is 1. The number of halogens is 2. The van der Waals surface area contributed by atoms with E-state index in [2.05, 4.69) is 0 Å². The van der Waals surface area contributed by atoms with Gasteiger partial charge in [0.1, 0.15) is 19.0 Å². The number of benzene rings is 1. The van der Waals surface area contributed by atoms with Crippen LogP contribution in [0.2, 0.25) is 10.0 Å². The first-order valence-electron chi connectivity index (χ1n) is 5.25. The maximum absolute atomic E-state index is 11.8. The lowest BCUT2D eigenvalue weighted by molar-refractivity contribution is 0.0691. The second kappa shape index (κ2) is 6.05. The quantitative estimate of drug-likeness (QED) is 0.780. The molecule has 0 aliphatic carbocycles. The molecule has 0 unspecified atom stereocenters. The van der Waals surface area contributed by atoms with Crippen molar-refractivity contribution in [3.8, 4) is 0 Å². The number of ketones is 1. The molecule has 0 atom stereocenters. The highest BCUT2D eigenvalue weighted by molar-refractivity contribution is 6.42. The Labute approximate surface area is 114 Å². The molecule has 0 saturated heterocycles. The maximum atomic E-state index is 11.8. The van der Waals surface area contributed by atoms with Gasteiger partial charge in [-0.15, -0.1) is 0 Å². The molecule has 0 amide bonds. The van der Waals surface area contributed by atoms with Crippen molar-refractivity contribution >= 4 is 29.0 Å². The predicted molar refractivity (Wildman–Crippen MR) is 69.2 cm³/mol. The molecule has 0 fully saturated rings. The molecule has 2 rings (SSSR count). The molecule has 0 radical (unpaired) electrons. The van der Waals surface area contributed by atoms with Crippen LogP contribution in [0.15, 0.2) is 41.0 Å². The Kier molecular flexibility index (Phi) is 4.42. The third-order valence-corrected chi connectivity index (χ3v) is 3.04. The normalized spacial score (nSPS) is 10.6. The van der Waals surface area contributed by atoms with Crippen LogP contribution in [0.3, 0.4) is 0 Å². The van der Waals surface area contributed by atoms with Crippen LogP contribution in [0.25, 0.3) is 0 Å². The van der Waals surface area contributed by atoms with E-state index in [1.54, 1.807) is 30.5 Å². The van der Waals surface area contributed by atoms with Gasteiger partial charge >= 0.3 is 0 Å². The molecule has 0 N–H and O–H groups in total. The van der Waals surface area contributed by atoms with E-state index in [4.69, 9.17) is 32.4 Å². The van der Waals surface area contributed by atoms with Crippen molar-refractivity contribution in [1.29, 1.82) is 0 Å². The van der Waals surface area contributed by atoms with Crippen molar-refractivity contribution in [3.63, 3.8) is 0 Å². The first-order chi connectivity index (χ1) is 8.66. The standard InChI is InChI=1S/C13H10Cl2O3/c14-11-4-3-9(6-12(11)15)13(16)8-17-7-10-2-1-5-18-10/h1-6H,7-8H2. The van der Waals surface area contributed by atoms with E-state index >= 15 is 0 Å². The molecule has 1 aromatic carbocycles. The van der Waals surface area contributed by atoms with Crippen LogP contribution >= 0.6 is 23.2 Å². The van der Waals surface area contributed by atoms with Crippen LogP contribution < -0.4 is 0 Å². The van der Waals surface area contributed by atoms with Gasteiger partial charge in [-0.2, -0.15) is 0 Å². The van der Waals surface area contributed by atoms with E-state index in [9.17, 15) is 4.79 Å². The highest BCUT2D eigenvalue weighted by atomic mass is 35.5. The first-order valence-corrected chi connectivity index (χ1v) is 6.01. The molecule has 2 aromatic rings. The van der Waals surface area contributed by atoms with Crippen molar-refractivity contribution in [2.75, 3.05) is 6.61 Å². The van der Waals surface area contributed by atoms with E-state index in [-0.39, 0.29) is 19.0 Å². The molecular weight excluding hydrogens is 275 g/mol. The molecule has 0 aliphatic heterocycles. The van der Waals surface area contributed by atoms with Crippen LogP contribution in [0.5, 0.6) is 0 Å². The van der Waals surface area contributed by atoms with Crippen molar-refractivity contribution in [2.45, 2.75) is 6.61 Å². The van der Waals surface area contributed by atoms with Crippen molar-refractivity contribution in [1.82, 2.24) is 0 Å². The third-order valence-electron chi connectivity index (χ3n) is 2.30. The predicted octanol–water partition coefficient (Wildman–Crippen LogP) is 3.99. The summed E-state index contributed by atoms with van der Waals surface area (Å²) in [6.07, 6.45) is 1.56. The molecule has 0 spiro atoms. The van der Waals surface area contributed by atoms with Crippen LogP contribution in [0, 0.1) is 0 Å². The molecular formula is C13H10Cl2O3. The molecule has 1 heterocycles. The fourth-order valence-electron chi connectivity index (χ4n) is 1.39.